The van der Waals surface area contributed by atoms with E-state index < -0.39 is 0 Å². The fourth-order valence-electron chi connectivity index (χ4n) is 0.532. The zero-order valence-electron chi connectivity index (χ0n) is 7.33. The molecular formula is C8H15NO2. The summed E-state index contributed by atoms with van der Waals surface area (Å²) in [5.74, 6) is 1.07. The highest BCUT2D eigenvalue weighted by Gasteiger charge is 2.01. The first-order valence-corrected chi connectivity index (χ1v) is 3.25. The SMILES string of the molecule is C=COC(=NC)C(C)C.C=O. The van der Waals surface area contributed by atoms with Crippen LogP contribution in [-0.2, 0) is 9.53 Å². The van der Waals surface area contributed by atoms with E-state index in [-0.39, 0.29) is 0 Å². The largest absolute Gasteiger partial charge is 0.451 e. The van der Waals surface area contributed by atoms with E-state index in [9.17, 15) is 0 Å². The maximum absolute atomic E-state index is 8.00. The summed E-state index contributed by atoms with van der Waals surface area (Å²) < 4.78 is 4.97. The molecule has 0 aromatic heterocycles. The minimum absolute atomic E-state index is 0.341. The van der Waals surface area contributed by atoms with Crippen molar-refractivity contribution in [2.75, 3.05) is 7.05 Å². The molecule has 0 aromatic carbocycles. The molecule has 0 heterocycles. The Kier molecular flexibility index (Phi) is 10.1. The molecule has 0 unspecified atom stereocenters. The first-order chi connectivity index (χ1) is 5.22. The Morgan fingerprint density at radius 3 is 2.09 bits per heavy atom. The molecule has 0 aliphatic rings. The van der Waals surface area contributed by atoms with Gasteiger partial charge in [-0.15, -0.1) is 0 Å². The summed E-state index contributed by atoms with van der Waals surface area (Å²) in [5.41, 5.74) is 0. The number of hydrogen-bond donors (Lipinski definition) is 0. The fourth-order valence-corrected chi connectivity index (χ4v) is 0.532. The highest BCUT2D eigenvalue weighted by atomic mass is 16.5. The Balaban J connectivity index is 0. The molecule has 0 aromatic rings. The Morgan fingerprint density at radius 2 is 2.00 bits per heavy atom. The average Bonchev–Trinajstić information content (AvgIpc) is 2.03. The summed E-state index contributed by atoms with van der Waals surface area (Å²) in [7, 11) is 1.71. The van der Waals surface area contributed by atoms with Crippen molar-refractivity contribution in [1.29, 1.82) is 0 Å². The summed E-state index contributed by atoms with van der Waals surface area (Å²) in [6.45, 7) is 9.47. The number of rotatable bonds is 2. The van der Waals surface area contributed by atoms with Crippen molar-refractivity contribution >= 4 is 12.7 Å². The molecule has 0 spiro atoms. The monoisotopic (exact) mass is 157 g/mol. The molecule has 0 radical (unpaired) electrons. The molecule has 0 atom stereocenters. The van der Waals surface area contributed by atoms with E-state index in [1.807, 2.05) is 20.6 Å². The standard InChI is InChI=1S/C7H13NO.CH2O/c1-5-9-7(8-4)6(2)3;1-2/h5-6H,1H2,2-4H3;1H2. The second-order valence-electron chi connectivity index (χ2n) is 2.00. The van der Waals surface area contributed by atoms with Crippen LogP contribution in [0, 0.1) is 5.92 Å². The fraction of sp³-hybridized carbons (Fsp3) is 0.500. The van der Waals surface area contributed by atoms with Gasteiger partial charge >= 0.3 is 0 Å². The maximum atomic E-state index is 8.00. The van der Waals surface area contributed by atoms with E-state index in [1.54, 1.807) is 7.05 Å². The van der Waals surface area contributed by atoms with Crippen molar-refractivity contribution in [3.05, 3.63) is 12.8 Å². The molecule has 0 saturated carbocycles. The van der Waals surface area contributed by atoms with Crippen LogP contribution in [0.4, 0.5) is 0 Å². The van der Waals surface area contributed by atoms with Gasteiger partial charge in [-0.2, -0.15) is 0 Å². The third kappa shape index (κ3) is 6.77. The lowest BCUT2D eigenvalue weighted by atomic mass is 10.2. The van der Waals surface area contributed by atoms with Gasteiger partial charge in [0.05, 0.1) is 6.26 Å². The molecule has 0 rings (SSSR count). The predicted molar refractivity (Wildman–Crippen MR) is 46.6 cm³/mol. The van der Waals surface area contributed by atoms with Crippen molar-refractivity contribution in [2.24, 2.45) is 10.9 Å². The zero-order valence-corrected chi connectivity index (χ0v) is 7.33. The summed E-state index contributed by atoms with van der Waals surface area (Å²) in [6, 6.07) is 0. The number of carbonyl (C=O) groups is 1. The van der Waals surface area contributed by atoms with Gasteiger partial charge in [0.15, 0.2) is 5.90 Å². The molecule has 11 heavy (non-hydrogen) atoms. The van der Waals surface area contributed by atoms with E-state index in [2.05, 4.69) is 11.6 Å². The third-order valence-electron chi connectivity index (χ3n) is 0.918. The van der Waals surface area contributed by atoms with Crippen LogP contribution in [0.25, 0.3) is 0 Å². The van der Waals surface area contributed by atoms with Crippen molar-refractivity contribution in [3.8, 4) is 0 Å². The molecular weight excluding hydrogens is 142 g/mol. The first-order valence-electron chi connectivity index (χ1n) is 3.25. The molecule has 3 nitrogen and oxygen atoms in total. The van der Waals surface area contributed by atoms with E-state index in [1.165, 1.54) is 6.26 Å². The zero-order chi connectivity index (χ0) is 9.28. The number of hydrogen-bond acceptors (Lipinski definition) is 3. The van der Waals surface area contributed by atoms with Gasteiger partial charge in [-0.1, -0.05) is 20.4 Å². The molecule has 0 N–H and O–H groups in total. The lowest BCUT2D eigenvalue weighted by molar-refractivity contribution is -0.0979. The molecule has 0 bridgehead atoms. The van der Waals surface area contributed by atoms with Gasteiger partial charge in [0, 0.05) is 13.0 Å². The van der Waals surface area contributed by atoms with Crippen LogP contribution in [0.5, 0.6) is 0 Å². The van der Waals surface area contributed by atoms with E-state index >= 15 is 0 Å². The van der Waals surface area contributed by atoms with Gasteiger partial charge in [0.2, 0.25) is 0 Å². The van der Waals surface area contributed by atoms with Crippen molar-refractivity contribution in [3.63, 3.8) is 0 Å². The predicted octanol–water partition coefficient (Wildman–Crippen LogP) is 1.65. The highest BCUT2D eigenvalue weighted by molar-refractivity contribution is 5.78. The summed E-state index contributed by atoms with van der Waals surface area (Å²) in [4.78, 5) is 11.9. The molecule has 0 aliphatic heterocycles. The minimum Gasteiger partial charge on any atom is -0.451 e. The molecule has 64 valence electrons. The van der Waals surface area contributed by atoms with Crippen molar-refractivity contribution < 1.29 is 9.53 Å². The van der Waals surface area contributed by atoms with Crippen LogP contribution in [0.1, 0.15) is 13.8 Å². The number of aliphatic imine (C=N–C) groups is 1. The van der Waals surface area contributed by atoms with Gasteiger partial charge in [-0.25, -0.2) is 0 Å². The molecule has 0 aliphatic carbocycles. The molecule has 3 heteroatoms. The summed E-state index contributed by atoms with van der Waals surface area (Å²) in [5, 5.41) is 0. The number of ether oxygens (including phenoxy) is 1. The average molecular weight is 157 g/mol. The molecule has 0 amide bonds. The minimum atomic E-state index is 0.341. The summed E-state index contributed by atoms with van der Waals surface area (Å²) >= 11 is 0. The topological polar surface area (TPSA) is 38.7 Å². The normalized spacial score (nSPS) is 10.0. The number of nitrogens with zero attached hydrogens (tertiary/aromatic N) is 1. The Hall–Kier alpha value is -1.12. The van der Waals surface area contributed by atoms with Gasteiger partial charge in [0.1, 0.15) is 6.79 Å². The molecule has 0 fully saturated rings. The smallest absolute Gasteiger partial charge is 0.191 e. The second kappa shape index (κ2) is 8.88. The van der Waals surface area contributed by atoms with E-state index in [0.717, 1.165) is 5.90 Å². The Bertz CT molecular complexity index is 130. The van der Waals surface area contributed by atoms with Crippen LogP contribution < -0.4 is 0 Å². The van der Waals surface area contributed by atoms with Gasteiger partial charge in [-0.05, 0) is 0 Å². The first kappa shape index (κ1) is 12.5. The van der Waals surface area contributed by atoms with Crippen LogP contribution in [0.15, 0.2) is 17.8 Å². The van der Waals surface area contributed by atoms with Crippen molar-refractivity contribution in [1.82, 2.24) is 0 Å². The van der Waals surface area contributed by atoms with Crippen LogP contribution >= 0.6 is 0 Å². The maximum Gasteiger partial charge on any atom is 0.191 e. The van der Waals surface area contributed by atoms with Crippen LogP contribution in [0.2, 0.25) is 0 Å². The van der Waals surface area contributed by atoms with Gasteiger partial charge < -0.3 is 9.53 Å². The highest BCUT2D eigenvalue weighted by Crippen LogP contribution is 1.97. The molecule has 0 saturated heterocycles. The van der Waals surface area contributed by atoms with Crippen LogP contribution in [-0.4, -0.2) is 19.7 Å². The van der Waals surface area contributed by atoms with Gasteiger partial charge in [0.25, 0.3) is 0 Å². The van der Waals surface area contributed by atoms with Crippen LogP contribution in [0.3, 0.4) is 0 Å². The van der Waals surface area contributed by atoms with E-state index in [0.29, 0.717) is 5.92 Å². The van der Waals surface area contributed by atoms with E-state index in [4.69, 9.17) is 9.53 Å². The lowest BCUT2D eigenvalue weighted by Gasteiger charge is -2.05. The quantitative estimate of drug-likeness (QED) is 0.347. The number of carbonyl (C=O) groups excluding carboxylic acids is 1. The van der Waals surface area contributed by atoms with Gasteiger partial charge in [-0.3, -0.25) is 4.99 Å². The second-order valence-corrected chi connectivity index (χ2v) is 2.00. The third-order valence-corrected chi connectivity index (χ3v) is 0.918. The Morgan fingerprint density at radius 1 is 1.55 bits per heavy atom. The van der Waals surface area contributed by atoms with Crippen molar-refractivity contribution in [2.45, 2.75) is 13.8 Å². The Labute approximate surface area is 67.8 Å². The summed E-state index contributed by atoms with van der Waals surface area (Å²) in [6.07, 6.45) is 1.39. The lowest BCUT2D eigenvalue weighted by Crippen LogP contribution is -2.08.